The fourth-order valence-corrected chi connectivity index (χ4v) is 7.23. The largest absolute Gasteiger partial charge is 0.695 e. The predicted octanol–water partition coefficient (Wildman–Crippen LogP) is -0.755. The van der Waals surface area contributed by atoms with E-state index in [1.807, 2.05) is 0 Å². The molecule has 6 heterocycles. The topological polar surface area (TPSA) is 291 Å². The summed E-state index contributed by atoms with van der Waals surface area (Å²) in [7, 11) is -8.05. The highest BCUT2D eigenvalue weighted by Crippen LogP contribution is 2.58. The van der Waals surface area contributed by atoms with E-state index < -0.39 is 77.2 Å². The minimum absolute atomic E-state index is 0.0806. The first kappa shape index (κ1) is 29.5. The summed E-state index contributed by atoms with van der Waals surface area (Å²) in [5.74, 6) is -0.209. The van der Waals surface area contributed by atoms with Crippen molar-refractivity contribution in [2.75, 3.05) is 24.7 Å². The number of anilines is 2. The van der Waals surface area contributed by atoms with Crippen LogP contribution < -0.4 is 17.0 Å². The third kappa shape index (κ3) is 5.28. The first-order valence-corrected chi connectivity index (χ1v) is 15.3. The lowest BCUT2D eigenvalue weighted by Crippen LogP contribution is -2.31. The van der Waals surface area contributed by atoms with Crippen molar-refractivity contribution >= 4 is 49.9 Å². The summed E-state index contributed by atoms with van der Waals surface area (Å²) in [6, 6.07) is 0. The van der Waals surface area contributed by atoms with E-state index in [0.717, 1.165) is 10.9 Å². The normalized spacial score (nSPS) is 29.4. The first-order chi connectivity index (χ1) is 20.5. The second kappa shape index (κ2) is 11.2. The quantitative estimate of drug-likeness (QED) is 0.122. The van der Waals surface area contributed by atoms with Gasteiger partial charge in [0.05, 0.1) is 32.0 Å². The lowest BCUT2D eigenvalue weighted by Gasteiger charge is -2.26. The van der Waals surface area contributed by atoms with Crippen LogP contribution in [-0.4, -0.2) is 97.3 Å². The minimum atomic E-state index is -4.96. The Kier molecular flexibility index (Phi) is 7.69. The number of nitrogens with one attached hydrogen (secondary N) is 1. The number of nitrogen functional groups attached to an aromatic ring is 2. The van der Waals surface area contributed by atoms with Gasteiger partial charge in [-0.25, -0.2) is 24.3 Å². The maximum absolute atomic E-state index is 15.5. The van der Waals surface area contributed by atoms with Crippen LogP contribution in [0.15, 0.2) is 23.8 Å². The van der Waals surface area contributed by atoms with Gasteiger partial charge in [-0.05, 0) is 0 Å². The van der Waals surface area contributed by atoms with Gasteiger partial charge in [0, 0.05) is 11.0 Å². The molecular formula is C20H24FN10O10P2+. The first-order valence-electron chi connectivity index (χ1n) is 12.5. The zero-order valence-corrected chi connectivity index (χ0v) is 23.4. The molecule has 0 radical (unpaired) electrons. The third-order valence-corrected chi connectivity index (χ3v) is 9.31. The molecule has 230 valence electrons. The number of hydrogen-bond acceptors (Lipinski definition) is 15. The Bertz CT molecular complexity index is 1800. The smallest absolute Gasteiger partial charge is 0.394 e. The van der Waals surface area contributed by atoms with Gasteiger partial charge in [-0.15, -0.1) is 9.42 Å². The van der Waals surface area contributed by atoms with Crippen LogP contribution in [0.1, 0.15) is 18.9 Å². The number of H-pyrrole nitrogens is 1. The number of nitrogens with zero attached hydrogens (tertiary/aromatic N) is 7. The summed E-state index contributed by atoms with van der Waals surface area (Å²) in [6.07, 6.45) is -4.98. The number of hydrogen-bond donors (Lipinski definition) is 6. The molecule has 0 aromatic carbocycles. The molecule has 23 heteroatoms. The summed E-state index contributed by atoms with van der Waals surface area (Å²) in [5, 5.41) is 9.66. The molecule has 4 aromatic rings. The highest BCUT2D eigenvalue weighted by molar-refractivity contribution is 7.53. The van der Waals surface area contributed by atoms with Crippen molar-refractivity contribution in [3.8, 4) is 0 Å². The molecule has 0 spiro atoms. The van der Waals surface area contributed by atoms with Crippen molar-refractivity contribution in [3.63, 3.8) is 0 Å². The van der Waals surface area contributed by atoms with Crippen LogP contribution >= 0.6 is 15.9 Å². The number of ether oxygens (including phenoxy) is 2. The number of fused-ring (bicyclic) bond motifs is 2. The van der Waals surface area contributed by atoms with Crippen LogP contribution in [0.3, 0.4) is 0 Å². The molecule has 2 aliphatic rings. The van der Waals surface area contributed by atoms with Gasteiger partial charge in [-0.1, -0.05) is 0 Å². The summed E-state index contributed by atoms with van der Waals surface area (Å²) in [6.45, 7) is -1.43. The Morgan fingerprint density at radius 1 is 1.14 bits per heavy atom. The second-order valence-electron chi connectivity index (χ2n) is 9.67. The third-order valence-electron chi connectivity index (χ3n) is 7.05. The molecule has 0 aliphatic carbocycles. The van der Waals surface area contributed by atoms with Crippen molar-refractivity contribution in [1.29, 1.82) is 0 Å². The molecule has 4 aromatic heterocycles. The average Bonchev–Trinajstić information content (AvgIpc) is 3.71. The van der Waals surface area contributed by atoms with Crippen molar-refractivity contribution in [2.24, 2.45) is 0 Å². The van der Waals surface area contributed by atoms with Crippen molar-refractivity contribution in [2.45, 2.75) is 49.0 Å². The van der Waals surface area contributed by atoms with Gasteiger partial charge in [-0.3, -0.25) is 23.5 Å². The number of imidazole rings is 2. The van der Waals surface area contributed by atoms with Gasteiger partial charge < -0.3 is 35.5 Å². The monoisotopic (exact) mass is 645 g/mol. The maximum Gasteiger partial charge on any atom is 0.695 e. The molecule has 43 heavy (non-hydrogen) atoms. The van der Waals surface area contributed by atoms with E-state index in [0.29, 0.717) is 0 Å². The van der Waals surface area contributed by atoms with E-state index in [-0.39, 0.29) is 40.5 Å². The molecule has 20 nitrogen and oxygen atoms in total. The number of halogens is 1. The number of alkyl halides is 1. The Labute approximate surface area is 239 Å². The number of aromatic nitrogens is 8. The van der Waals surface area contributed by atoms with Crippen LogP contribution in [0.5, 0.6) is 0 Å². The molecule has 8 N–H and O–H groups in total. The summed E-state index contributed by atoms with van der Waals surface area (Å²) in [4.78, 5) is 54.9. The zero-order chi connectivity index (χ0) is 30.6. The zero-order valence-electron chi connectivity index (χ0n) is 21.7. The fourth-order valence-electron chi connectivity index (χ4n) is 5.17. The van der Waals surface area contributed by atoms with E-state index in [1.54, 1.807) is 0 Å². The van der Waals surface area contributed by atoms with E-state index in [1.165, 1.54) is 17.2 Å². The molecule has 6 rings (SSSR count). The maximum atomic E-state index is 15.5. The molecule has 9 atom stereocenters. The average molecular weight is 645 g/mol. The van der Waals surface area contributed by atoms with Gasteiger partial charge in [0.25, 0.3) is 5.56 Å². The van der Waals surface area contributed by atoms with Gasteiger partial charge >= 0.3 is 15.9 Å². The summed E-state index contributed by atoms with van der Waals surface area (Å²) in [5.41, 5.74) is 8.98. The van der Waals surface area contributed by atoms with Gasteiger partial charge in [0.2, 0.25) is 5.95 Å². The van der Waals surface area contributed by atoms with Crippen LogP contribution in [0.2, 0.25) is 0 Å². The number of aliphatic hydroxyl groups excluding tert-OH is 1. The van der Waals surface area contributed by atoms with Gasteiger partial charge in [0.1, 0.15) is 29.8 Å². The minimum Gasteiger partial charge on any atom is -0.394 e. The second-order valence-corrected chi connectivity index (χ2v) is 12.3. The van der Waals surface area contributed by atoms with Gasteiger partial charge in [0.15, 0.2) is 41.2 Å². The lowest BCUT2D eigenvalue weighted by atomic mass is 10.2. The van der Waals surface area contributed by atoms with E-state index in [4.69, 9.17) is 30.0 Å². The van der Waals surface area contributed by atoms with Crippen LogP contribution in [0, 0.1) is 0 Å². The molecule has 0 amide bonds. The molecular weight excluding hydrogens is 621 g/mol. The number of aromatic amines is 1. The Hall–Kier alpha value is -3.52. The predicted molar refractivity (Wildman–Crippen MR) is 141 cm³/mol. The highest BCUT2D eigenvalue weighted by atomic mass is 31.2. The standard InChI is InChI=1S/C20H23FN10O10P2/c21-10-9(2-32)40-19(31-6-27-12-16(31)28-20(23)29-17(12)33)13(10)43(36,37)38-3-7-1-8(41-42(34)35)18(39-7)30-5-26-11-14(22)24-4-25-15(11)30/h4-10,13,18-19,32H,1-3H2,(H6-,22,23,24,25,28,29,33,34,35,36,37)/p+1. The molecule has 2 saturated heterocycles. The molecule has 0 bridgehead atoms. The molecule has 2 aliphatic heterocycles. The Balaban J connectivity index is 1.25. The van der Waals surface area contributed by atoms with Gasteiger partial charge in [-0.2, -0.15) is 4.98 Å². The number of aliphatic hydroxyl groups is 1. The Morgan fingerprint density at radius 3 is 2.58 bits per heavy atom. The summed E-state index contributed by atoms with van der Waals surface area (Å²) >= 11 is 0. The molecule has 9 unspecified atom stereocenters. The van der Waals surface area contributed by atoms with Crippen LogP contribution in [0.25, 0.3) is 22.3 Å². The SMILES string of the molecule is Nc1nc2c(ncn2C2OC(CO)C(F)C2P(=O)(O)OCC2CC(O[P+](=O)O)C(n3cnc4c(N)ncnc43)O2)c(=O)[nH]1. The van der Waals surface area contributed by atoms with Crippen molar-refractivity contribution in [3.05, 3.63) is 29.3 Å². The van der Waals surface area contributed by atoms with Crippen molar-refractivity contribution in [1.82, 2.24) is 39.0 Å². The number of nitrogens with two attached hydrogens (primary N) is 2. The van der Waals surface area contributed by atoms with E-state index >= 15 is 4.39 Å². The summed E-state index contributed by atoms with van der Waals surface area (Å²) < 4.78 is 65.0. The molecule has 0 saturated carbocycles. The molecule has 2 fully saturated rings. The highest BCUT2D eigenvalue weighted by Gasteiger charge is 2.56. The Morgan fingerprint density at radius 2 is 1.86 bits per heavy atom. The van der Waals surface area contributed by atoms with Crippen LogP contribution in [0.4, 0.5) is 16.2 Å². The van der Waals surface area contributed by atoms with Crippen molar-refractivity contribution < 1.29 is 46.9 Å². The van der Waals surface area contributed by atoms with Crippen LogP contribution in [-0.2, 0) is 27.7 Å². The van der Waals surface area contributed by atoms with E-state index in [9.17, 15) is 28.8 Å². The van der Waals surface area contributed by atoms with E-state index in [2.05, 4.69) is 29.9 Å². The number of rotatable bonds is 9. The lowest BCUT2D eigenvalue weighted by molar-refractivity contribution is -0.0430. The fraction of sp³-hybridized carbons (Fsp3) is 0.500.